The molecular weight excluding hydrogens is 510 g/mol. The van der Waals surface area contributed by atoms with E-state index in [4.69, 9.17) is 4.55 Å². The van der Waals surface area contributed by atoms with Crippen LogP contribution in [0.2, 0.25) is 0 Å². The lowest BCUT2D eigenvalue weighted by atomic mass is 9.64. The average molecular weight is 546 g/mol. The Kier molecular flexibility index (Phi) is 7.09. The van der Waals surface area contributed by atoms with Crippen LogP contribution in [0.5, 0.6) is 0 Å². The standard InChI is InChI=1S/C22H35N5O9S/c1-21(2,3)22(11-14(10-13-4-5-13)8-9-26(22)20(31)32)18(29)24-23-17(28)16-7-6-15-12-25(16)19(30)27(15)36-37(33,34)35/h13-16H,4-12H2,1-3H3,(H,23,28)(H,24,29)(H,31,32)(H,33,34,35)/t14-,15+,16-,22+/m0/s1. The van der Waals surface area contributed by atoms with Crippen molar-refractivity contribution in [2.75, 3.05) is 13.1 Å². The van der Waals surface area contributed by atoms with Gasteiger partial charge in [-0.15, -0.1) is 4.28 Å². The monoisotopic (exact) mass is 545 g/mol. The van der Waals surface area contributed by atoms with Crippen LogP contribution in [0.15, 0.2) is 0 Å². The number of hydrazine groups is 1. The molecule has 4 aliphatic rings. The summed E-state index contributed by atoms with van der Waals surface area (Å²) < 4.78 is 35.5. The van der Waals surface area contributed by atoms with E-state index in [2.05, 4.69) is 15.1 Å². The van der Waals surface area contributed by atoms with Crippen LogP contribution in [0.1, 0.15) is 65.7 Å². The number of amides is 5. The minimum Gasteiger partial charge on any atom is -0.465 e. The summed E-state index contributed by atoms with van der Waals surface area (Å²) in [7, 11) is -4.92. The third-order valence-electron chi connectivity index (χ3n) is 8.12. The lowest BCUT2D eigenvalue weighted by Crippen LogP contribution is -2.71. The summed E-state index contributed by atoms with van der Waals surface area (Å²) in [5.41, 5.74) is 2.57. The van der Waals surface area contributed by atoms with Crippen molar-refractivity contribution in [2.45, 2.75) is 83.3 Å². The molecule has 0 aromatic heterocycles. The second-order valence-corrected chi connectivity index (χ2v) is 12.5. The molecule has 3 saturated heterocycles. The number of hydroxylamine groups is 2. The molecular formula is C22H35N5O9S. The predicted octanol–water partition coefficient (Wildman–Crippen LogP) is 1.11. The molecule has 1 aliphatic carbocycles. The first-order chi connectivity index (χ1) is 17.1. The summed E-state index contributed by atoms with van der Waals surface area (Å²) in [5.74, 6) is -0.562. The van der Waals surface area contributed by atoms with Gasteiger partial charge >= 0.3 is 22.5 Å². The maximum atomic E-state index is 13.7. The number of nitrogens with one attached hydrogen (secondary N) is 2. The number of carbonyl (C=O) groups is 4. The maximum Gasteiger partial charge on any atom is 0.418 e. The molecule has 37 heavy (non-hydrogen) atoms. The van der Waals surface area contributed by atoms with E-state index in [1.54, 1.807) is 20.8 Å². The maximum absolute atomic E-state index is 13.7. The van der Waals surface area contributed by atoms with E-state index in [-0.39, 0.29) is 31.8 Å². The number of piperidine rings is 2. The Morgan fingerprint density at radius 3 is 2.32 bits per heavy atom. The van der Waals surface area contributed by atoms with Gasteiger partial charge in [0.1, 0.15) is 11.6 Å². The van der Waals surface area contributed by atoms with Crippen molar-refractivity contribution in [2.24, 2.45) is 17.3 Å². The normalized spacial score (nSPS) is 30.3. The van der Waals surface area contributed by atoms with Gasteiger partial charge in [0.25, 0.3) is 11.8 Å². The number of carboxylic acid groups (broad SMARTS) is 1. The second kappa shape index (κ2) is 9.58. The van der Waals surface area contributed by atoms with Gasteiger partial charge in [0.05, 0.1) is 6.04 Å². The highest BCUT2D eigenvalue weighted by Crippen LogP contribution is 2.48. The molecule has 208 valence electrons. The smallest absolute Gasteiger partial charge is 0.418 e. The van der Waals surface area contributed by atoms with Crippen LogP contribution < -0.4 is 10.9 Å². The first kappa shape index (κ1) is 27.4. The molecule has 3 heterocycles. The molecule has 4 rings (SSSR count). The summed E-state index contributed by atoms with van der Waals surface area (Å²) >= 11 is 0. The Labute approximate surface area is 215 Å². The Morgan fingerprint density at radius 1 is 1.08 bits per heavy atom. The number of hydrogen-bond donors (Lipinski definition) is 4. The molecule has 2 bridgehead atoms. The van der Waals surface area contributed by atoms with Gasteiger partial charge in [0.15, 0.2) is 0 Å². The van der Waals surface area contributed by atoms with Gasteiger partial charge in [0.2, 0.25) is 0 Å². The van der Waals surface area contributed by atoms with Crippen LogP contribution in [-0.2, 0) is 24.3 Å². The quantitative estimate of drug-likeness (QED) is 0.280. The van der Waals surface area contributed by atoms with Crippen molar-refractivity contribution in [1.29, 1.82) is 0 Å². The van der Waals surface area contributed by atoms with Gasteiger partial charge in [-0.05, 0) is 49.4 Å². The van der Waals surface area contributed by atoms with Gasteiger partial charge in [-0.2, -0.15) is 13.5 Å². The molecule has 4 N–H and O–H groups in total. The van der Waals surface area contributed by atoms with Gasteiger partial charge < -0.3 is 10.0 Å². The van der Waals surface area contributed by atoms with E-state index >= 15 is 0 Å². The zero-order chi connectivity index (χ0) is 27.3. The fourth-order valence-electron chi connectivity index (χ4n) is 6.09. The molecule has 1 saturated carbocycles. The highest BCUT2D eigenvalue weighted by atomic mass is 32.3. The van der Waals surface area contributed by atoms with Crippen LogP contribution in [0, 0.1) is 17.3 Å². The molecule has 15 heteroatoms. The lowest BCUT2D eigenvalue weighted by molar-refractivity contribution is -0.149. The Hall–Kier alpha value is -2.65. The number of hydrogen-bond acceptors (Lipinski definition) is 7. The topological polar surface area (TPSA) is 186 Å². The Bertz CT molecular complexity index is 1070. The summed E-state index contributed by atoms with van der Waals surface area (Å²) in [6, 6.07) is -2.58. The molecule has 5 amide bonds. The molecule has 0 unspecified atom stereocenters. The van der Waals surface area contributed by atoms with E-state index in [0.29, 0.717) is 23.8 Å². The van der Waals surface area contributed by atoms with Crippen molar-refractivity contribution in [3.63, 3.8) is 0 Å². The van der Waals surface area contributed by atoms with E-state index in [1.165, 1.54) is 4.90 Å². The van der Waals surface area contributed by atoms with Crippen LogP contribution in [0.4, 0.5) is 9.59 Å². The van der Waals surface area contributed by atoms with Crippen molar-refractivity contribution in [1.82, 2.24) is 25.7 Å². The van der Waals surface area contributed by atoms with E-state index < -0.39 is 57.4 Å². The predicted molar refractivity (Wildman–Crippen MR) is 127 cm³/mol. The fourth-order valence-corrected chi connectivity index (χ4v) is 6.48. The third kappa shape index (κ3) is 5.34. The molecule has 0 spiro atoms. The van der Waals surface area contributed by atoms with Gasteiger partial charge in [0, 0.05) is 13.1 Å². The van der Waals surface area contributed by atoms with E-state index in [1.807, 2.05) is 0 Å². The zero-order valence-electron chi connectivity index (χ0n) is 21.2. The van der Waals surface area contributed by atoms with Crippen molar-refractivity contribution < 1.29 is 41.5 Å². The fraction of sp³-hybridized carbons (Fsp3) is 0.818. The summed E-state index contributed by atoms with van der Waals surface area (Å²) in [5, 5.41) is 10.5. The van der Waals surface area contributed by atoms with E-state index in [0.717, 1.165) is 24.2 Å². The highest BCUT2D eigenvalue weighted by molar-refractivity contribution is 7.80. The minimum absolute atomic E-state index is 0.00194. The number of nitrogens with zero attached hydrogens (tertiary/aromatic N) is 3. The summed E-state index contributed by atoms with van der Waals surface area (Å²) in [4.78, 5) is 53.9. The summed E-state index contributed by atoms with van der Waals surface area (Å²) in [6.07, 6.45) is 3.42. The largest absolute Gasteiger partial charge is 0.465 e. The molecule has 0 aromatic carbocycles. The van der Waals surface area contributed by atoms with Crippen LogP contribution in [0.3, 0.4) is 0 Å². The van der Waals surface area contributed by atoms with E-state index in [9.17, 15) is 32.7 Å². The van der Waals surface area contributed by atoms with Crippen molar-refractivity contribution >= 4 is 34.3 Å². The molecule has 0 aromatic rings. The van der Waals surface area contributed by atoms with Crippen LogP contribution >= 0.6 is 0 Å². The highest BCUT2D eigenvalue weighted by Gasteiger charge is 2.58. The van der Waals surface area contributed by atoms with Crippen LogP contribution in [-0.4, -0.2) is 87.6 Å². The first-order valence-electron chi connectivity index (χ1n) is 12.5. The van der Waals surface area contributed by atoms with Crippen LogP contribution in [0.25, 0.3) is 0 Å². The SMILES string of the molecule is CC(C)(C)[C@]1(C(=O)NNC(=O)[C@@H]2CC[C@@H]3CN2C(=O)N3OS(=O)(=O)O)C[C@H](CC2CC2)CCN1C(=O)O. The number of urea groups is 1. The van der Waals surface area contributed by atoms with Crippen molar-refractivity contribution in [3.05, 3.63) is 0 Å². The molecule has 14 nitrogen and oxygen atoms in total. The van der Waals surface area contributed by atoms with Crippen molar-refractivity contribution in [3.8, 4) is 0 Å². The molecule has 0 radical (unpaired) electrons. The number of carbonyl (C=O) groups excluding carboxylic acids is 3. The minimum atomic E-state index is -4.92. The molecule has 4 atom stereocenters. The number of likely N-dealkylation sites (tertiary alicyclic amines) is 1. The van der Waals surface area contributed by atoms with Gasteiger partial charge in [-0.3, -0.25) is 29.9 Å². The summed E-state index contributed by atoms with van der Waals surface area (Å²) in [6.45, 7) is 5.62. The lowest BCUT2D eigenvalue weighted by Gasteiger charge is -2.53. The zero-order valence-corrected chi connectivity index (χ0v) is 22.0. The van der Waals surface area contributed by atoms with Gasteiger partial charge in [-0.25, -0.2) is 9.59 Å². The average Bonchev–Trinajstić information content (AvgIpc) is 3.58. The number of fused-ring (bicyclic) bond motifs is 2. The number of rotatable bonds is 6. The molecule has 3 aliphatic heterocycles. The second-order valence-electron chi connectivity index (χ2n) is 11.5. The Morgan fingerprint density at radius 2 is 1.76 bits per heavy atom. The first-order valence-corrected chi connectivity index (χ1v) is 13.9. The third-order valence-corrected chi connectivity index (χ3v) is 8.46. The van der Waals surface area contributed by atoms with Gasteiger partial charge in [-0.1, -0.05) is 33.6 Å². The Balaban J connectivity index is 1.48. The molecule has 4 fully saturated rings.